The first-order valence-corrected chi connectivity index (χ1v) is 9.86. The molecule has 0 radical (unpaired) electrons. The molecule has 1 aliphatic heterocycles. The molecular weight excluding hydrogens is 342 g/mol. The van der Waals surface area contributed by atoms with Crippen molar-refractivity contribution < 1.29 is 14.4 Å². The van der Waals surface area contributed by atoms with Crippen LogP contribution in [0.4, 0.5) is 4.79 Å². The van der Waals surface area contributed by atoms with Crippen LogP contribution >= 0.6 is 0 Å². The maximum Gasteiger partial charge on any atom is 0.344 e. The fraction of sp³-hybridized carbons (Fsp3) is 0.571. The van der Waals surface area contributed by atoms with Gasteiger partial charge in [-0.3, -0.25) is 15.0 Å². The molecule has 0 spiro atoms. The van der Waals surface area contributed by atoms with Gasteiger partial charge in [-0.1, -0.05) is 65.0 Å². The molecule has 2 N–H and O–H groups in total. The molecule has 1 atom stereocenters. The van der Waals surface area contributed by atoms with Gasteiger partial charge < -0.3 is 5.32 Å². The number of rotatable bonds is 9. The van der Waals surface area contributed by atoms with Gasteiger partial charge in [-0.2, -0.15) is 5.01 Å². The molecule has 27 heavy (non-hydrogen) atoms. The van der Waals surface area contributed by atoms with Crippen molar-refractivity contribution in [2.45, 2.75) is 77.7 Å². The molecule has 148 valence electrons. The molecule has 6 heteroatoms. The van der Waals surface area contributed by atoms with Crippen LogP contribution in [0.15, 0.2) is 24.3 Å². The van der Waals surface area contributed by atoms with Gasteiger partial charge in [-0.15, -0.1) is 0 Å². The van der Waals surface area contributed by atoms with Crippen LogP contribution in [0, 0.1) is 0 Å². The van der Waals surface area contributed by atoms with Gasteiger partial charge in [0.15, 0.2) is 0 Å². The Labute approximate surface area is 161 Å². The van der Waals surface area contributed by atoms with Crippen LogP contribution in [0.5, 0.6) is 0 Å². The van der Waals surface area contributed by atoms with Crippen molar-refractivity contribution in [2.24, 2.45) is 0 Å². The number of urea groups is 1. The molecule has 4 amide bonds. The van der Waals surface area contributed by atoms with Crippen LogP contribution in [-0.2, 0) is 4.79 Å². The first kappa shape index (κ1) is 20.9. The average Bonchev–Trinajstić information content (AvgIpc) is 2.85. The Hall–Kier alpha value is -2.37. The molecule has 2 rings (SSSR count). The number of carbonyl (C=O) groups excluding carboxylic acids is 3. The standard InChI is InChI=1S/C21H31N3O3/c1-5-6-7-8-9-14-21(4)19(26)24(20(27)22-21)23-18(25)17-12-10-16(11-13-17)15(2)3/h10-13,15H,5-9,14H2,1-4H3,(H,22,27)(H,23,25). The van der Waals surface area contributed by atoms with E-state index in [4.69, 9.17) is 0 Å². The highest BCUT2D eigenvalue weighted by Gasteiger charge is 2.48. The minimum absolute atomic E-state index is 0.367. The number of amides is 4. The summed E-state index contributed by atoms with van der Waals surface area (Å²) in [7, 11) is 0. The molecule has 1 saturated heterocycles. The number of imide groups is 1. The van der Waals surface area contributed by atoms with Gasteiger partial charge in [0.1, 0.15) is 5.54 Å². The van der Waals surface area contributed by atoms with E-state index in [1.54, 1.807) is 19.1 Å². The minimum Gasteiger partial charge on any atom is -0.322 e. The van der Waals surface area contributed by atoms with Crippen LogP contribution in [-0.4, -0.2) is 28.4 Å². The Balaban J connectivity index is 1.96. The summed E-state index contributed by atoms with van der Waals surface area (Å²) in [5, 5.41) is 3.53. The van der Waals surface area contributed by atoms with Gasteiger partial charge in [-0.25, -0.2) is 4.79 Å². The maximum atomic E-state index is 12.7. The van der Waals surface area contributed by atoms with Gasteiger partial charge in [0.05, 0.1) is 0 Å². The SMILES string of the molecule is CCCCCCCC1(C)NC(=O)N(NC(=O)c2ccc(C(C)C)cc2)C1=O. The zero-order valence-electron chi connectivity index (χ0n) is 16.8. The third kappa shape index (κ3) is 5.08. The average molecular weight is 373 g/mol. The van der Waals surface area contributed by atoms with Crippen molar-refractivity contribution in [2.75, 3.05) is 0 Å². The number of benzene rings is 1. The normalized spacial score (nSPS) is 19.5. The van der Waals surface area contributed by atoms with Crippen LogP contribution in [0.2, 0.25) is 0 Å². The first-order valence-electron chi connectivity index (χ1n) is 9.86. The Morgan fingerprint density at radius 2 is 1.74 bits per heavy atom. The molecule has 0 aromatic heterocycles. The lowest BCUT2D eigenvalue weighted by molar-refractivity contribution is -0.132. The number of hydrogen-bond acceptors (Lipinski definition) is 3. The smallest absolute Gasteiger partial charge is 0.322 e. The Kier molecular flexibility index (Phi) is 6.99. The topological polar surface area (TPSA) is 78.5 Å². The van der Waals surface area contributed by atoms with Crippen molar-refractivity contribution in [1.82, 2.24) is 15.8 Å². The fourth-order valence-corrected chi connectivity index (χ4v) is 3.22. The largest absolute Gasteiger partial charge is 0.344 e. The summed E-state index contributed by atoms with van der Waals surface area (Å²) in [4.78, 5) is 37.4. The summed E-state index contributed by atoms with van der Waals surface area (Å²) in [6.45, 7) is 8.02. The maximum absolute atomic E-state index is 12.7. The summed E-state index contributed by atoms with van der Waals surface area (Å²) >= 11 is 0. The van der Waals surface area contributed by atoms with Gasteiger partial charge >= 0.3 is 6.03 Å². The molecule has 1 aliphatic rings. The van der Waals surface area contributed by atoms with E-state index >= 15 is 0 Å². The second kappa shape index (κ2) is 9.02. The fourth-order valence-electron chi connectivity index (χ4n) is 3.22. The molecule has 1 fully saturated rings. The first-order chi connectivity index (χ1) is 12.8. The highest BCUT2D eigenvalue weighted by molar-refractivity contribution is 6.09. The lowest BCUT2D eigenvalue weighted by Gasteiger charge is -2.21. The quantitative estimate of drug-likeness (QED) is 0.505. The van der Waals surface area contributed by atoms with Crippen LogP contribution in [0.1, 0.15) is 88.1 Å². The molecule has 0 bridgehead atoms. The second-order valence-electron chi connectivity index (χ2n) is 7.78. The van der Waals surface area contributed by atoms with Gasteiger partial charge in [0.25, 0.3) is 11.8 Å². The van der Waals surface area contributed by atoms with E-state index in [2.05, 4.69) is 31.5 Å². The van der Waals surface area contributed by atoms with Gasteiger partial charge in [0.2, 0.25) is 0 Å². The summed E-state index contributed by atoms with van der Waals surface area (Å²) in [6.07, 6.45) is 5.92. The van der Waals surface area contributed by atoms with E-state index in [0.29, 0.717) is 17.9 Å². The molecule has 6 nitrogen and oxygen atoms in total. The van der Waals surface area contributed by atoms with Crippen molar-refractivity contribution in [3.63, 3.8) is 0 Å². The monoisotopic (exact) mass is 373 g/mol. The zero-order chi connectivity index (χ0) is 20.0. The van der Waals surface area contributed by atoms with Crippen LogP contribution in [0.25, 0.3) is 0 Å². The third-order valence-electron chi connectivity index (χ3n) is 5.09. The molecular formula is C21H31N3O3. The molecule has 1 unspecified atom stereocenters. The summed E-state index contributed by atoms with van der Waals surface area (Å²) < 4.78 is 0. The number of nitrogens with zero attached hydrogens (tertiary/aromatic N) is 1. The minimum atomic E-state index is -0.960. The third-order valence-corrected chi connectivity index (χ3v) is 5.09. The number of nitrogens with one attached hydrogen (secondary N) is 2. The molecule has 0 aliphatic carbocycles. The zero-order valence-corrected chi connectivity index (χ0v) is 16.8. The van der Waals surface area contributed by atoms with E-state index in [1.165, 1.54) is 6.42 Å². The molecule has 1 aromatic carbocycles. The highest BCUT2D eigenvalue weighted by Crippen LogP contribution is 2.23. The Bertz CT molecular complexity index is 684. The number of unbranched alkanes of at least 4 members (excludes halogenated alkanes) is 4. The molecule has 0 saturated carbocycles. The lowest BCUT2D eigenvalue weighted by atomic mass is 9.94. The second-order valence-corrected chi connectivity index (χ2v) is 7.78. The van der Waals surface area contributed by atoms with Crippen LogP contribution in [0.3, 0.4) is 0 Å². The Morgan fingerprint density at radius 1 is 1.11 bits per heavy atom. The van der Waals surface area contributed by atoms with Crippen molar-refractivity contribution in [1.29, 1.82) is 0 Å². The van der Waals surface area contributed by atoms with E-state index in [-0.39, 0.29) is 0 Å². The van der Waals surface area contributed by atoms with Gasteiger partial charge in [0, 0.05) is 5.56 Å². The van der Waals surface area contributed by atoms with E-state index in [0.717, 1.165) is 36.3 Å². The number of hydrogen-bond donors (Lipinski definition) is 2. The summed E-state index contributed by atoms with van der Waals surface area (Å²) in [6, 6.07) is 6.59. The molecule has 1 aromatic rings. The van der Waals surface area contributed by atoms with Crippen LogP contribution < -0.4 is 10.7 Å². The highest BCUT2D eigenvalue weighted by atomic mass is 16.2. The lowest BCUT2D eigenvalue weighted by Crippen LogP contribution is -2.48. The number of hydrazine groups is 1. The van der Waals surface area contributed by atoms with E-state index in [9.17, 15) is 14.4 Å². The van der Waals surface area contributed by atoms with E-state index in [1.807, 2.05) is 12.1 Å². The predicted molar refractivity (Wildman–Crippen MR) is 105 cm³/mol. The predicted octanol–water partition coefficient (Wildman–Crippen LogP) is 4.13. The van der Waals surface area contributed by atoms with Crippen molar-refractivity contribution in [3.05, 3.63) is 35.4 Å². The summed E-state index contributed by atoms with van der Waals surface area (Å²) in [5.74, 6) is -0.512. The summed E-state index contributed by atoms with van der Waals surface area (Å²) in [5.41, 5.74) is 3.01. The van der Waals surface area contributed by atoms with Crippen molar-refractivity contribution in [3.8, 4) is 0 Å². The number of carbonyl (C=O) groups is 3. The molecule has 1 heterocycles. The Morgan fingerprint density at radius 3 is 2.33 bits per heavy atom. The van der Waals surface area contributed by atoms with Gasteiger partial charge in [-0.05, 0) is 37.0 Å². The van der Waals surface area contributed by atoms with E-state index < -0.39 is 23.4 Å². The van der Waals surface area contributed by atoms with Crippen molar-refractivity contribution >= 4 is 17.8 Å².